The fraction of sp³-hybridized carbons (Fsp3) is 0.111. The van der Waals surface area contributed by atoms with Crippen LogP contribution >= 0.6 is 15.9 Å². The van der Waals surface area contributed by atoms with E-state index in [-0.39, 0.29) is 10.4 Å². The number of rotatable bonds is 3. The van der Waals surface area contributed by atoms with E-state index in [2.05, 4.69) is 30.7 Å². The average molecular weight is 335 g/mol. The molecule has 1 heterocycles. The van der Waals surface area contributed by atoms with Crippen LogP contribution in [0.2, 0.25) is 0 Å². The van der Waals surface area contributed by atoms with Gasteiger partial charge in [-0.3, -0.25) is 0 Å². The normalized spacial score (nSPS) is 11.5. The highest BCUT2D eigenvalue weighted by atomic mass is 79.9. The number of aryl methyl sites for hydroxylation is 1. The second-order valence-corrected chi connectivity index (χ2v) is 5.84. The van der Waals surface area contributed by atoms with Gasteiger partial charge in [-0.05, 0) is 28.1 Å². The van der Waals surface area contributed by atoms with Crippen molar-refractivity contribution in [3.8, 4) is 0 Å². The summed E-state index contributed by atoms with van der Waals surface area (Å²) in [5, 5.41) is 3.71. The van der Waals surface area contributed by atoms with Crippen molar-refractivity contribution in [2.24, 2.45) is 7.05 Å². The number of nitrogens with one attached hydrogen (secondary N) is 1. The third-order valence-electron chi connectivity index (χ3n) is 2.12. The Bertz CT molecular complexity index is 665. The second kappa shape index (κ2) is 4.65. The molecular formula is C9H8BrFN4O2S. The Kier molecular flexibility index (Phi) is 3.35. The van der Waals surface area contributed by atoms with Gasteiger partial charge < -0.3 is 0 Å². The van der Waals surface area contributed by atoms with E-state index >= 15 is 0 Å². The first-order valence-corrected chi connectivity index (χ1v) is 7.00. The molecule has 0 aliphatic heterocycles. The van der Waals surface area contributed by atoms with Crippen molar-refractivity contribution in [1.29, 1.82) is 0 Å². The van der Waals surface area contributed by atoms with E-state index in [9.17, 15) is 12.8 Å². The van der Waals surface area contributed by atoms with Crippen LogP contribution in [-0.2, 0) is 17.1 Å². The minimum Gasteiger partial charge on any atom is -0.247 e. The zero-order chi connectivity index (χ0) is 13.3. The molecule has 1 aromatic carbocycles. The third-order valence-corrected chi connectivity index (χ3v) is 4.45. The van der Waals surface area contributed by atoms with Crippen LogP contribution in [0.25, 0.3) is 0 Å². The molecule has 0 saturated carbocycles. The Labute approximate surface area is 111 Å². The largest absolute Gasteiger partial charge is 0.268 e. The molecule has 0 amide bonds. The van der Waals surface area contributed by atoms with Crippen LogP contribution in [0.15, 0.2) is 33.9 Å². The zero-order valence-corrected chi connectivity index (χ0v) is 11.5. The summed E-state index contributed by atoms with van der Waals surface area (Å²) in [6, 6.07) is 3.91. The molecule has 0 aliphatic carbocycles. The summed E-state index contributed by atoms with van der Waals surface area (Å²) in [5.41, 5.74) is 0. The molecule has 0 spiro atoms. The van der Waals surface area contributed by atoms with Gasteiger partial charge in [-0.2, -0.15) is 10.1 Å². The lowest BCUT2D eigenvalue weighted by Crippen LogP contribution is -2.18. The van der Waals surface area contributed by atoms with Gasteiger partial charge in [0.2, 0.25) is 5.95 Å². The summed E-state index contributed by atoms with van der Waals surface area (Å²) in [5.74, 6) is -0.843. The molecule has 0 radical (unpaired) electrons. The van der Waals surface area contributed by atoms with Crippen molar-refractivity contribution in [1.82, 2.24) is 14.8 Å². The lowest BCUT2D eigenvalue weighted by Gasteiger charge is -2.09. The van der Waals surface area contributed by atoms with Crippen molar-refractivity contribution in [3.63, 3.8) is 0 Å². The SMILES string of the molecule is Cn1ncnc1NS(=O)(=O)c1c(F)cccc1Br. The van der Waals surface area contributed by atoms with Crippen molar-refractivity contribution < 1.29 is 12.8 Å². The zero-order valence-electron chi connectivity index (χ0n) is 9.13. The monoisotopic (exact) mass is 334 g/mol. The molecule has 2 rings (SSSR count). The number of benzene rings is 1. The lowest BCUT2D eigenvalue weighted by molar-refractivity contribution is 0.568. The summed E-state index contributed by atoms with van der Waals surface area (Å²) in [6.07, 6.45) is 1.19. The van der Waals surface area contributed by atoms with Crippen molar-refractivity contribution >= 4 is 31.9 Å². The molecule has 18 heavy (non-hydrogen) atoms. The van der Waals surface area contributed by atoms with E-state index in [0.29, 0.717) is 0 Å². The maximum atomic E-state index is 13.6. The van der Waals surface area contributed by atoms with Crippen LogP contribution in [0, 0.1) is 5.82 Å². The van der Waals surface area contributed by atoms with Crippen molar-refractivity contribution in [2.75, 3.05) is 4.72 Å². The van der Waals surface area contributed by atoms with Gasteiger partial charge in [-0.25, -0.2) is 22.2 Å². The molecule has 0 unspecified atom stereocenters. The van der Waals surface area contributed by atoms with Gasteiger partial charge in [0, 0.05) is 11.5 Å². The summed E-state index contributed by atoms with van der Waals surface area (Å²) in [4.78, 5) is 3.24. The van der Waals surface area contributed by atoms with Crippen LogP contribution in [0.3, 0.4) is 0 Å². The van der Waals surface area contributed by atoms with E-state index in [1.54, 1.807) is 0 Å². The Morgan fingerprint density at radius 2 is 2.17 bits per heavy atom. The van der Waals surface area contributed by atoms with Crippen LogP contribution in [0.1, 0.15) is 0 Å². The van der Waals surface area contributed by atoms with Gasteiger partial charge in [0.05, 0.1) is 0 Å². The molecule has 1 N–H and O–H groups in total. The van der Waals surface area contributed by atoms with Gasteiger partial charge >= 0.3 is 0 Å². The minimum absolute atomic E-state index is 0.00477. The molecule has 2 aromatic rings. The standard InChI is InChI=1S/C9H8BrFN4O2S/c1-15-9(12-5-13-15)14-18(16,17)8-6(10)3-2-4-7(8)11/h2-5H,1H3,(H,12,13,14). The van der Waals surface area contributed by atoms with Gasteiger partial charge in [0.1, 0.15) is 17.0 Å². The highest BCUT2D eigenvalue weighted by molar-refractivity contribution is 9.10. The first-order chi connectivity index (χ1) is 8.42. The lowest BCUT2D eigenvalue weighted by atomic mass is 10.3. The highest BCUT2D eigenvalue weighted by Crippen LogP contribution is 2.25. The molecular weight excluding hydrogens is 327 g/mol. The average Bonchev–Trinajstić information content (AvgIpc) is 2.63. The molecule has 9 heteroatoms. The first-order valence-electron chi connectivity index (χ1n) is 4.72. The maximum absolute atomic E-state index is 13.6. The van der Waals surface area contributed by atoms with E-state index in [0.717, 1.165) is 6.07 Å². The summed E-state index contributed by atoms with van der Waals surface area (Å²) < 4.78 is 41.2. The van der Waals surface area contributed by atoms with Gasteiger partial charge in [-0.15, -0.1) is 0 Å². The highest BCUT2D eigenvalue weighted by Gasteiger charge is 2.23. The molecule has 96 valence electrons. The summed E-state index contributed by atoms with van der Waals surface area (Å²) >= 11 is 3.00. The molecule has 6 nitrogen and oxygen atoms in total. The molecule has 0 aliphatic rings. The molecule has 1 aromatic heterocycles. The maximum Gasteiger partial charge on any atom is 0.268 e. The summed E-state index contributed by atoms with van der Waals surface area (Å²) in [6.45, 7) is 0. The number of hydrogen-bond donors (Lipinski definition) is 1. The fourth-order valence-corrected chi connectivity index (χ4v) is 3.46. The van der Waals surface area contributed by atoms with Gasteiger partial charge in [-0.1, -0.05) is 6.07 Å². The van der Waals surface area contributed by atoms with Crippen LogP contribution in [0.4, 0.5) is 10.3 Å². The molecule has 0 atom stereocenters. The Balaban J connectivity index is 2.47. The number of aromatic nitrogens is 3. The van der Waals surface area contributed by atoms with Crippen LogP contribution in [-0.4, -0.2) is 23.2 Å². The Morgan fingerprint density at radius 1 is 1.44 bits per heavy atom. The minimum atomic E-state index is -4.06. The van der Waals surface area contributed by atoms with Crippen LogP contribution < -0.4 is 4.72 Å². The van der Waals surface area contributed by atoms with E-state index in [1.807, 2.05) is 0 Å². The van der Waals surface area contributed by atoms with E-state index in [1.165, 1.54) is 30.2 Å². The Hall–Kier alpha value is -1.48. The number of sulfonamides is 1. The topological polar surface area (TPSA) is 76.9 Å². The number of anilines is 1. The number of hydrogen-bond acceptors (Lipinski definition) is 4. The van der Waals surface area contributed by atoms with E-state index in [4.69, 9.17) is 0 Å². The number of nitrogens with zero attached hydrogens (tertiary/aromatic N) is 3. The Morgan fingerprint density at radius 3 is 2.72 bits per heavy atom. The van der Waals surface area contributed by atoms with Crippen molar-refractivity contribution in [2.45, 2.75) is 4.90 Å². The van der Waals surface area contributed by atoms with Crippen molar-refractivity contribution in [3.05, 3.63) is 34.8 Å². The summed E-state index contributed by atoms with van der Waals surface area (Å²) in [7, 11) is -2.55. The van der Waals surface area contributed by atoms with Gasteiger partial charge in [0.25, 0.3) is 10.0 Å². The third kappa shape index (κ3) is 2.36. The van der Waals surface area contributed by atoms with Crippen LogP contribution in [0.5, 0.6) is 0 Å². The quantitative estimate of drug-likeness (QED) is 0.923. The predicted octanol–water partition coefficient (Wildman–Crippen LogP) is 1.52. The number of halogens is 2. The van der Waals surface area contributed by atoms with Gasteiger partial charge in [0.15, 0.2) is 0 Å². The fourth-order valence-electron chi connectivity index (χ4n) is 1.30. The molecule has 0 saturated heterocycles. The second-order valence-electron chi connectivity index (χ2n) is 3.36. The predicted molar refractivity (Wildman–Crippen MR) is 65.9 cm³/mol. The smallest absolute Gasteiger partial charge is 0.247 e. The molecule has 0 fully saturated rings. The first kappa shape index (κ1) is 13.0. The van der Waals surface area contributed by atoms with E-state index < -0.39 is 20.7 Å². The molecule has 0 bridgehead atoms.